The molecule has 4 heteroatoms. The van der Waals surface area contributed by atoms with E-state index in [0.717, 1.165) is 6.42 Å². The molecule has 0 aromatic rings. The summed E-state index contributed by atoms with van der Waals surface area (Å²) in [6.07, 6.45) is 0.366. The topological polar surface area (TPSA) is 40.5 Å². The highest BCUT2D eigenvalue weighted by Crippen LogP contribution is 2.04. The van der Waals surface area contributed by atoms with Gasteiger partial charge in [0.25, 0.3) is 0 Å². The molecule has 0 saturated carbocycles. The third-order valence-corrected chi connectivity index (χ3v) is 1.16. The third kappa shape index (κ3) is 4.42. The molecule has 0 bridgehead atoms. The third-order valence-electron chi connectivity index (χ3n) is 1.16. The van der Waals surface area contributed by atoms with Gasteiger partial charge >= 0.3 is 7.12 Å². The molecule has 0 amide bonds. The molecule has 1 atom stereocenters. The van der Waals surface area contributed by atoms with Crippen molar-refractivity contribution >= 4 is 7.12 Å². The van der Waals surface area contributed by atoms with Gasteiger partial charge < -0.3 is 10.0 Å². The number of unbranched alkanes of at least 4 members (excludes halogenated alkanes) is 1. The van der Waals surface area contributed by atoms with Crippen LogP contribution in [0.1, 0.15) is 26.2 Å². The van der Waals surface area contributed by atoms with Crippen LogP contribution >= 0.6 is 0 Å². The van der Waals surface area contributed by atoms with Crippen molar-refractivity contribution in [3.8, 4) is 0 Å². The Morgan fingerprint density at radius 3 is 2.44 bits per heavy atom. The molecule has 9 heavy (non-hydrogen) atoms. The highest BCUT2D eigenvalue weighted by atomic mass is 19.1. The zero-order valence-electron chi connectivity index (χ0n) is 5.55. The van der Waals surface area contributed by atoms with Crippen LogP contribution in [0.15, 0.2) is 0 Å². The molecule has 0 rings (SSSR count). The zero-order valence-corrected chi connectivity index (χ0v) is 5.55. The van der Waals surface area contributed by atoms with Crippen LogP contribution in [0.4, 0.5) is 4.39 Å². The van der Waals surface area contributed by atoms with Crippen LogP contribution in [0.25, 0.3) is 0 Å². The molecular weight excluding hydrogens is 122 g/mol. The summed E-state index contributed by atoms with van der Waals surface area (Å²) in [5.41, 5.74) is 0. The summed E-state index contributed by atoms with van der Waals surface area (Å²) in [6.45, 7) is 1.93. The Hall–Kier alpha value is -0.0851. The van der Waals surface area contributed by atoms with Crippen LogP contribution in [0.5, 0.6) is 0 Å². The highest BCUT2D eigenvalue weighted by molar-refractivity contribution is 6.42. The summed E-state index contributed by atoms with van der Waals surface area (Å²) in [4.78, 5) is 0. The summed E-state index contributed by atoms with van der Waals surface area (Å²) in [6, 6.07) is 0. The predicted octanol–water partition coefficient (Wildman–Crippen LogP) is 0.527. The average Bonchev–Trinajstić information content (AvgIpc) is 1.82. The van der Waals surface area contributed by atoms with Crippen LogP contribution in [-0.2, 0) is 0 Å². The van der Waals surface area contributed by atoms with Crippen LogP contribution in [0.3, 0.4) is 0 Å². The Bertz CT molecular complexity index is 70.0. The van der Waals surface area contributed by atoms with Crippen molar-refractivity contribution in [1.82, 2.24) is 0 Å². The van der Waals surface area contributed by atoms with E-state index < -0.39 is 13.2 Å². The van der Waals surface area contributed by atoms with Gasteiger partial charge in [-0.05, 0) is 6.42 Å². The second-order valence-corrected chi connectivity index (χ2v) is 2.07. The molecule has 0 saturated heterocycles. The summed E-state index contributed by atoms with van der Waals surface area (Å²) in [7, 11) is -1.79. The smallest absolute Gasteiger partial charge is 0.425 e. The van der Waals surface area contributed by atoms with Gasteiger partial charge in [0, 0.05) is 0 Å². The first-order valence-corrected chi connectivity index (χ1v) is 3.18. The van der Waals surface area contributed by atoms with E-state index in [1.54, 1.807) is 0 Å². The fraction of sp³-hybridized carbons (Fsp3) is 1.00. The summed E-state index contributed by atoms with van der Waals surface area (Å²) in [5.74, 6) is 0. The van der Waals surface area contributed by atoms with E-state index in [2.05, 4.69) is 0 Å². The fourth-order valence-electron chi connectivity index (χ4n) is 0.548. The first-order valence-electron chi connectivity index (χ1n) is 3.18. The monoisotopic (exact) mass is 134 g/mol. The summed E-state index contributed by atoms with van der Waals surface area (Å²) < 4.78 is 12.2. The Kier molecular flexibility index (Phi) is 4.72. The molecule has 0 aromatic heterocycles. The molecular formula is C5H12BFO2. The molecule has 0 fully saturated rings. The van der Waals surface area contributed by atoms with Gasteiger partial charge in [-0.25, -0.2) is 0 Å². The van der Waals surface area contributed by atoms with Gasteiger partial charge in [0.15, 0.2) is 0 Å². The van der Waals surface area contributed by atoms with Crippen LogP contribution < -0.4 is 0 Å². The zero-order chi connectivity index (χ0) is 7.28. The lowest BCUT2D eigenvalue weighted by Crippen LogP contribution is -2.26. The van der Waals surface area contributed by atoms with Gasteiger partial charge in [0.2, 0.25) is 0 Å². The second kappa shape index (κ2) is 4.76. The van der Waals surface area contributed by atoms with Crippen molar-refractivity contribution in [3.63, 3.8) is 0 Å². The molecule has 0 radical (unpaired) electrons. The number of rotatable bonds is 4. The Morgan fingerprint density at radius 2 is 2.11 bits per heavy atom. The molecule has 0 spiro atoms. The minimum absolute atomic E-state index is 0.244. The van der Waals surface area contributed by atoms with E-state index >= 15 is 0 Å². The fourth-order valence-corrected chi connectivity index (χ4v) is 0.548. The molecule has 0 aliphatic carbocycles. The second-order valence-electron chi connectivity index (χ2n) is 2.07. The Balaban J connectivity index is 3.16. The van der Waals surface area contributed by atoms with E-state index in [9.17, 15) is 4.39 Å². The van der Waals surface area contributed by atoms with E-state index in [0.29, 0.717) is 6.42 Å². The van der Waals surface area contributed by atoms with Gasteiger partial charge in [0.1, 0.15) is 6.07 Å². The minimum Gasteiger partial charge on any atom is -0.425 e. The molecule has 2 N–H and O–H groups in total. The molecule has 0 heterocycles. The van der Waals surface area contributed by atoms with E-state index in [-0.39, 0.29) is 6.42 Å². The van der Waals surface area contributed by atoms with Crippen molar-refractivity contribution in [2.24, 2.45) is 0 Å². The first kappa shape index (κ1) is 8.91. The van der Waals surface area contributed by atoms with Crippen molar-refractivity contribution in [2.75, 3.05) is 0 Å². The SMILES string of the molecule is CCCCC(F)B(O)O. The van der Waals surface area contributed by atoms with E-state index in [1.807, 2.05) is 6.92 Å². The normalized spacial score (nSPS) is 13.3. The van der Waals surface area contributed by atoms with Crippen molar-refractivity contribution in [3.05, 3.63) is 0 Å². The maximum atomic E-state index is 12.2. The first-order chi connectivity index (χ1) is 4.18. The predicted molar refractivity (Wildman–Crippen MR) is 34.6 cm³/mol. The number of alkyl halides is 1. The highest BCUT2D eigenvalue weighted by Gasteiger charge is 2.21. The van der Waals surface area contributed by atoms with Gasteiger partial charge in [-0.1, -0.05) is 19.8 Å². The van der Waals surface area contributed by atoms with Crippen LogP contribution in [0, 0.1) is 0 Å². The lowest BCUT2D eigenvalue weighted by Gasteiger charge is -2.03. The minimum atomic E-state index is -1.79. The lowest BCUT2D eigenvalue weighted by atomic mass is 9.81. The average molecular weight is 134 g/mol. The maximum absolute atomic E-state index is 12.2. The number of hydrogen-bond acceptors (Lipinski definition) is 2. The number of halogens is 1. The lowest BCUT2D eigenvalue weighted by molar-refractivity contribution is 0.293. The summed E-state index contributed by atoms with van der Waals surface area (Å²) >= 11 is 0. The quantitative estimate of drug-likeness (QED) is 0.550. The Morgan fingerprint density at radius 1 is 1.56 bits per heavy atom. The van der Waals surface area contributed by atoms with Crippen LogP contribution in [0.2, 0.25) is 0 Å². The Labute approximate surface area is 54.8 Å². The van der Waals surface area contributed by atoms with E-state index in [1.165, 1.54) is 0 Å². The standard InChI is InChI=1S/C5H12BFO2/c1-2-3-4-5(7)6(8)9/h5,8-9H,2-4H2,1H3. The molecule has 0 aliphatic rings. The molecule has 54 valence electrons. The summed E-state index contributed by atoms with van der Waals surface area (Å²) in [5, 5.41) is 16.5. The maximum Gasteiger partial charge on any atom is 0.488 e. The van der Waals surface area contributed by atoms with E-state index in [4.69, 9.17) is 10.0 Å². The van der Waals surface area contributed by atoms with Gasteiger partial charge in [-0.2, -0.15) is 0 Å². The van der Waals surface area contributed by atoms with Crippen molar-refractivity contribution in [1.29, 1.82) is 0 Å². The molecule has 0 aromatic carbocycles. The number of hydrogen-bond donors (Lipinski definition) is 2. The molecule has 0 aliphatic heterocycles. The van der Waals surface area contributed by atoms with Crippen molar-refractivity contribution < 1.29 is 14.4 Å². The van der Waals surface area contributed by atoms with Crippen LogP contribution in [-0.4, -0.2) is 23.2 Å². The molecule has 2 nitrogen and oxygen atoms in total. The van der Waals surface area contributed by atoms with Gasteiger partial charge in [0.05, 0.1) is 0 Å². The van der Waals surface area contributed by atoms with Gasteiger partial charge in [-0.15, -0.1) is 0 Å². The van der Waals surface area contributed by atoms with Gasteiger partial charge in [-0.3, -0.25) is 4.39 Å². The largest absolute Gasteiger partial charge is 0.488 e. The molecule has 1 unspecified atom stereocenters. The van der Waals surface area contributed by atoms with Crippen molar-refractivity contribution in [2.45, 2.75) is 32.3 Å².